The maximum Gasteiger partial charge on any atom is 0.222 e. The zero-order valence-electron chi connectivity index (χ0n) is 16.3. The van der Waals surface area contributed by atoms with Crippen LogP contribution in [0.5, 0.6) is 0 Å². The lowest BCUT2D eigenvalue weighted by Crippen LogP contribution is -2.09. The van der Waals surface area contributed by atoms with Crippen molar-refractivity contribution in [2.75, 3.05) is 11.5 Å². The predicted octanol–water partition coefficient (Wildman–Crippen LogP) is 3.83. The molecule has 28 heavy (non-hydrogen) atoms. The molecular formula is C21H25N5OS. The number of nitrogens with two attached hydrogens (primary N) is 1. The van der Waals surface area contributed by atoms with Crippen LogP contribution in [0.15, 0.2) is 41.6 Å². The number of hydrogen-bond donors (Lipinski definition) is 1. The number of benzene rings is 1. The summed E-state index contributed by atoms with van der Waals surface area (Å²) in [6, 6.07) is 12.8. The van der Waals surface area contributed by atoms with E-state index in [4.69, 9.17) is 5.73 Å². The van der Waals surface area contributed by atoms with Crippen molar-refractivity contribution in [3.8, 4) is 0 Å². The van der Waals surface area contributed by atoms with Gasteiger partial charge in [0.05, 0.1) is 5.75 Å². The van der Waals surface area contributed by atoms with Gasteiger partial charge in [0.15, 0.2) is 10.9 Å². The summed E-state index contributed by atoms with van der Waals surface area (Å²) < 4.78 is 4.19. The Labute approximate surface area is 169 Å². The topological polar surface area (TPSA) is 78.7 Å². The summed E-state index contributed by atoms with van der Waals surface area (Å²) in [6.45, 7) is 4.96. The Hall–Kier alpha value is -2.54. The first-order valence-electron chi connectivity index (χ1n) is 9.61. The second kappa shape index (κ2) is 7.83. The van der Waals surface area contributed by atoms with Gasteiger partial charge < -0.3 is 10.3 Å². The van der Waals surface area contributed by atoms with Gasteiger partial charge in [0.2, 0.25) is 5.95 Å². The zero-order chi connectivity index (χ0) is 19.7. The highest BCUT2D eigenvalue weighted by Crippen LogP contribution is 2.39. The van der Waals surface area contributed by atoms with Crippen LogP contribution in [-0.4, -0.2) is 30.9 Å². The maximum absolute atomic E-state index is 12.9. The molecule has 2 aromatic heterocycles. The maximum atomic E-state index is 12.9. The Balaban J connectivity index is 1.43. The molecule has 0 bridgehead atoms. The van der Waals surface area contributed by atoms with E-state index >= 15 is 0 Å². The fourth-order valence-corrected chi connectivity index (χ4v) is 4.48. The van der Waals surface area contributed by atoms with Crippen LogP contribution in [0, 0.1) is 13.8 Å². The molecule has 4 rings (SSSR count). The molecule has 0 radical (unpaired) electrons. The van der Waals surface area contributed by atoms with Gasteiger partial charge in [-0.2, -0.15) is 0 Å². The lowest BCUT2D eigenvalue weighted by Gasteiger charge is -2.10. The van der Waals surface area contributed by atoms with Crippen molar-refractivity contribution in [1.29, 1.82) is 0 Å². The highest BCUT2D eigenvalue weighted by molar-refractivity contribution is 7.99. The molecule has 7 heteroatoms. The zero-order valence-corrected chi connectivity index (χ0v) is 17.1. The Bertz CT molecular complexity index is 988. The van der Waals surface area contributed by atoms with Crippen molar-refractivity contribution < 1.29 is 4.79 Å². The lowest BCUT2D eigenvalue weighted by atomic mass is 10.1. The van der Waals surface area contributed by atoms with Crippen LogP contribution in [0.25, 0.3) is 0 Å². The van der Waals surface area contributed by atoms with Crippen molar-refractivity contribution in [2.24, 2.45) is 0 Å². The van der Waals surface area contributed by atoms with Gasteiger partial charge in [0.1, 0.15) is 0 Å². The normalized spacial score (nSPS) is 13.8. The smallest absolute Gasteiger partial charge is 0.222 e. The number of Topliss-reactive ketones (excluding diaryl/α,β-unsaturated/α-hetero) is 1. The van der Waals surface area contributed by atoms with Gasteiger partial charge in [-0.25, -0.2) is 0 Å². The molecule has 1 saturated carbocycles. The van der Waals surface area contributed by atoms with E-state index < -0.39 is 0 Å². The van der Waals surface area contributed by atoms with Crippen LogP contribution < -0.4 is 5.73 Å². The van der Waals surface area contributed by atoms with Gasteiger partial charge in [-0.3, -0.25) is 9.36 Å². The number of thioether (sulfide) groups is 1. The van der Waals surface area contributed by atoms with E-state index in [1.807, 2.05) is 23.6 Å². The molecule has 0 saturated heterocycles. The average Bonchev–Trinajstić information content (AvgIpc) is 3.40. The van der Waals surface area contributed by atoms with Gasteiger partial charge in [-0.05, 0) is 44.7 Å². The first-order valence-corrected chi connectivity index (χ1v) is 10.6. The van der Waals surface area contributed by atoms with Crippen molar-refractivity contribution in [2.45, 2.75) is 50.9 Å². The Morgan fingerprint density at radius 3 is 2.68 bits per heavy atom. The summed E-state index contributed by atoms with van der Waals surface area (Å²) in [4.78, 5) is 12.9. The number of carbonyl (C=O) groups is 1. The third-order valence-electron chi connectivity index (χ3n) is 5.28. The fraction of sp³-hybridized carbons (Fsp3) is 0.381. The molecule has 1 fully saturated rings. The van der Waals surface area contributed by atoms with Gasteiger partial charge in [0.25, 0.3) is 0 Å². The fourth-order valence-electron chi connectivity index (χ4n) is 3.58. The highest BCUT2D eigenvalue weighted by Gasteiger charge is 2.29. The van der Waals surface area contributed by atoms with Crippen LogP contribution >= 0.6 is 11.8 Å². The van der Waals surface area contributed by atoms with Crippen molar-refractivity contribution >= 4 is 23.5 Å². The van der Waals surface area contributed by atoms with Gasteiger partial charge in [0, 0.05) is 29.5 Å². The molecule has 0 amide bonds. The summed E-state index contributed by atoms with van der Waals surface area (Å²) in [5, 5.41) is 8.86. The SMILES string of the molecule is Cc1cc(C(=O)CSc2nnc(N)n2C2CC2)c(C)n1CCc1ccccc1. The van der Waals surface area contributed by atoms with E-state index in [0.717, 1.165) is 47.9 Å². The quantitative estimate of drug-likeness (QED) is 0.463. The van der Waals surface area contributed by atoms with E-state index in [-0.39, 0.29) is 5.78 Å². The molecule has 0 unspecified atom stereocenters. The van der Waals surface area contributed by atoms with Crippen LogP contribution in [0.1, 0.15) is 46.2 Å². The minimum absolute atomic E-state index is 0.118. The summed E-state index contributed by atoms with van der Waals surface area (Å²) >= 11 is 1.42. The summed E-state index contributed by atoms with van der Waals surface area (Å²) in [5.41, 5.74) is 10.2. The summed E-state index contributed by atoms with van der Waals surface area (Å²) in [5.74, 6) is 0.901. The average molecular weight is 396 g/mol. The number of aryl methyl sites for hydroxylation is 2. The van der Waals surface area contributed by atoms with Crippen LogP contribution in [0.3, 0.4) is 0 Å². The number of anilines is 1. The highest BCUT2D eigenvalue weighted by atomic mass is 32.2. The van der Waals surface area contributed by atoms with E-state index in [0.29, 0.717) is 17.7 Å². The number of hydrogen-bond acceptors (Lipinski definition) is 5. The predicted molar refractivity (Wildman–Crippen MR) is 112 cm³/mol. The number of carbonyl (C=O) groups excluding carboxylic acids is 1. The first-order chi connectivity index (χ1) is 13.5. The van der Waals surface area contributed by atoms with Crippen molar-refractivity contribution in [3.05, 3.63) is 58.9 Å². The lowest BCUT2D eigenvalue weighted by molar-refractivity contribution is 0.102. The van der Waals surface area contributed by atoms with Gasteiger partial charge >= 0.3 is 0 Å². The van der Waals surface area contributed by atoms with Crippen molar-refractivity contribution in [3.63, 3.8) is 0 Å². The number of ketones is 1. The number of nitrogen functional groups attached to an aromatic ring is 1. The minimum Gasteiger partial charge on any atom is -0.368 e. The second-order valence-electron chi connectivity index (χ2n) is 7.33. The molecule has 1 aromatic carbocycles. The first kappa shape index (κ1) is 18.8. The number of nitrogens with zero attached hydrogens (tertiary/aromatic N) is 4. The minimum atomic E-state index is 0.118. The summed E-state index contributed by atoms with van der Waals surface area (Å²) in [6.07, 6.45) is 3.15. The third-order valence-corrected chi connectivity index (χ3v) is 6.22. The molecule has 0 aliphatic heterocycles. The standard InChI is InChI=1S/C21H25N5OS/c1-14-12-18(15(2)25(14)11-10-16-6-4-3-5-7-16)19(27)13-28-21-24-23-20(22)26(21)17-8-9-17/h3-7,12,17H,8-11,13H2,1-2H3,(H2,22,23). The van der Waals surface area contributed by atoms with Gasteiger partial charge in [-0.1, -0.05) is 42.1 Å². The largest absolute Gasteiger partial charge is 0.368 e. The Kier molecular flexibility index (Phi) is 5.26. The molecule has 2 N–H and O–H groups in total. The van der Waals surface area contributed by atoms with E-state index in [2.05, 4.69) is 46.0 Å². The molecule has 2 heterocycles. The molecule has 146 valence electrons. The number of aromatic nitrogens is 4. The molecule has 3 aromatic rings. The van der Waals surface area contributed by atoms with Gasteiger partial charge in [-0.15, -0.1) is 10.2 Å². The van der Waals surface area contributed by atoms with Crippen LogP contribution in [-0.2, 0) is 13.0 Å². The second-order valence-corrected chi connectivity index (χ2v) is 8.27. The Morgan fingerprint density at radius 2 is 1.96 bits per heavy atom. The van der Waals surface area contributed by atoms with Crippen LogP contribution in [0.2, 0.25) is 0 Å². The molecule has 1 aliphatic carbocycles. The van der Waals surface area contributed by atoms with E-state index in [9.17, 15) is 4.79 Å². The molecule has 0 spiro atoms. The van der Waals surface area contributed by atoms with Crippen LogP contribution in [0.4, 0.5) is 5.95 Å². The number of rotatable bonds is 8. The third kappa shape index (κ3) is 3.85. The molecule has 1 aliphatic rings. The van der Waals surface area contributed by atoms with Crippen molar-refractivity contribution in [1.82, 2.24) is 19.3 Å². The molecule has 0 atom stereocenters. The molecular weight excluding hydrogens is 370 g/mol. The van der Waals surface area contributed by atoms with E-state index in [1.165, 1.54) is 17.3 Å². The summed E-state index contributed by atoms with van der Waals surface area (Å²) in [7, 11) is 0. The molecule has 6 nitrogen and oxygen atoms in total. The Morgan fingerprint density at radius 1 is 1.21 bits per heavy atom. The monoisotopic (exact) mass is 395 g/mol. The van der Waals surface area contributed by atoms with E-state index in [1.54, 1.807) is 0 Å².